The summed E-state index contributed by atoms with van der Waals surface area (Å²) < 4.78 is 5.86. The molecular formula is C22H30N4O. The fourth-order valence-electron chi connectivity index (χ4n) is 3.87. The predicted molar refractivity (Wildman–Crippen MR) is 111 cm³/mol. The number of hydrogen-bond donors (Lipinski definition) is 1. The third-order valence-corrected chi connectivity index (χ3v) is 5.48. The van der Waals surface area contributed by atoms with Crippen LogP contribution in [0.2, 0.25) is 0 Å². The molecule has 3 heterocycles. The molecule has 4 rings (SSSR count). The quantitative estimate of drug-likeness (QED) is 0.761. The van der Waals surface area contributed by atoms with E-state index in [-0.39, 0.29) is 0 Å². The molecular weight excluding hydrogens is 336 g/mol. The van der Waals surface area contributed by atoms with E-state index in [1.54, 1.807) is 0 Å². The Kier molecular flexibility index (Phi) is 6.10. The number of piperazine rings is 1. The van der Waals surface area contributed by atoms with Crippen LogP contribution in [-0.2, 0) is 6.42 Å². The van der Waals surface area contributed by atoms with Crippen molar-refractivity contribution >= 4 is 11.5 Å². The third kappa shape index (κ3) is 4.92. The minimum atomic E-state index is 0.746. The number of rotatable bonds is 7. The van der Waals surface area contributed by atoms with Gasteiger partial charge in [0.2, 0.25) is 5.88 Å². The van der Waals surface area contributed by atoms with Crippen molar-refractivity contribution in [2.24, 2.45) is 0 Å². The molecule has 27 heavy (non-hydrogen) atoms. The van der Waals surface area contributed by atoms with E-state index in [4.69, 9.17) is 4.74 Å². The average molecular weight is 367 g/mol. The number of aryl methyl sites for hydroxylation is 1. The van der Waals surface area contributed by atoms with Gasteiger partial charge in [-0.25, -0.2) is 0 Å². The molecule has 0 radical (unpaired) electrons. The second-order valence-electron chi connectivity index (χ2n) is 7.41. The van der Waals surface area contributed by atoms with Crippen molar-refractivity contribution in [2.45, 2.75) is 25.7 Å². The van der Waals surface area contributed by atoms with Crippen LogP contribution in [0.25, 0.3) is 0 Å². The van der Waals surface area contributed by atoms with Gasteiger partial charge in [0.05, 0.1) is 6.61 Å². The van der Waals surface area contributed by atoms with Crippen LogP contribution in [0.1, 0.15) is 24.8 Å². The van der Waals surface area contributed by atoms with Gasteiger partial charge in [-0.15, -0.1) is 0 Å². The number of aromatic nitrogens is 1. The number of benzene rings is 1. The van der Waals surface area contributed by atoms with E-state index in [1.807, 2.05) is 6.07 Å². The Morgan fingerprint density at radius 3 is 2.67 bits per heavy atom. The van der Waals surface area contributed by atoms with Gasteiger partial charge in [-0.2, -0.15) is 4.98 Å². The van der Waals surface area contributed by atoms with Crippen LogP contribution in [0.15, 0.2) is 42.5 Å². The Morgan fingerprint density at radius 2 is 1.81 bits per heavy atom. The molecule has 0 aliphatic carbocycles. The minimum absolute atomic E-state index is 0.746. The molecule has 0 atom stereocenters. The number of pyridine rings is 1. The van der Waals surface area contributed by atoms with Crippen LogP contribution in [0.5, 0.6) is 5.88 Å². The molecule has 0 spiro atoms. The molecule has 1 saturated heterocycles. The Labute approximate surface area is 162 Å². The van der Waals surface area contributed by atoms with Crippen LogP contribution in [0.4, 0.5) is 11.5 Å². The summed E-state index contributed by atoms with van der Waals surface area (Å²) in [5.41, 5.74) is 2.65. The maximum absolute atomic E-state index is 5.86. The molecule has 5 heteroatoms. The standard InChI is InChI=1S/C22H30N4O/c1-2-8-20(9-3-1)26-16-14-25(15-17-26)13-4-5-18-27-21-11-10-19-7-6-12-23-22(19)24-21/h1-3,8-11H,4-7,12-18H2,(H,23,24). The van der Waals surface area contributed by atoms with Crippen LogP contribution < -0.4 is 15.0 Å². The highest BCUT2D eigenvalue weighted by molar-refractivity contribution is 5.48. The zero-order chi connectivity index (χ0) is 18.3. The summed E-state index contributed by atoms with van der Waals surface area (Å²) in [5, 5.41) is 3.36. The molecule has 0 amide bonds. The van der Waals surface area contributed by atoms with Gasteiger partial charge in [0.1, 0.15) is 5.82 Å². The average Bonchev–Trinajstić information content (AvgIpc) is 2.74. The largest absolute Gasteiger partial charge is 0.478 e. The van der Waals surface area contributed by atoms with E-state index < -0.39 is 0 Å². The van der Waals surface area contributed by atoms with Gasteiger partial charge in [-0.1, -0.05) is 18.2 Å². The highest BCUT2D eigenvalue weighted by atomic mass is 16.5. The Balaban J connectivity index is 1.12. The lowest BCUT2D eigenvalue weighted by Gasteiger charge is -2.36. The molecule has 1 aromatic carbocycles. The topological polar surface area (TPSA) is 40.6 Å². The highest BCUT2D eigenvalue weighted by Crippen LogP contribution is 2.22. The summed E-state index contributed by atoms with van der Waals surface area (Å²) in [6.45, 7) is 7.45. The normalized spacial score (nSPS) is 17.3. The van der Waals surface area contributed by atoms with Crippen LogP contribution in [-0.4, -0.2) is 55.8 Å². The lowest BCUT2D eigenvalue weighted by molar-refractivity contribution is 0.236. The monoisotopic (exact) mass is 366 g/mol. The van der Waals surface area contributed by atoms with Crippen LogP contribution in [0, 0.1) is 0 Å². The zero-order valence-electron chi connectivity index (χ0n) is 16.1. The minimum Gasteiger partial charge on any atom is -0.478 e. The molecule has 144 valence electrons. The van der Waals surface area contributed by atoms with Crippen molar-refractivity contribution in [2.75, 3.05) is 56.1 Å². The summed E-state index contributed by atoms with van der Waals surface area (Å²) in [6, 6.07) is 14.9. The van der Waals surface area contributed by atoms with Gasteiger partial charge >= 0.3 is 0 Å². The number of fused-ring (bicyclic) bond motifs is 1. The predicted octanol–water partition coefficient (Wildman–Crippen LogP) is 3.42. The van der Waals surface area contributed by atoms with Crippen molar-refractivity contribution in [3.05, 3.63) is 48.0 Å². The zero-order valence-corrected chi connectivity index (χ0v) is 16.1. The number of nitrogens with one attached hydrogen (secondary N) is 1. The molecule has 2 aliphatic rings. The molecule has 0 unspecified atom stereocenters. The maximum atomic E-state index is 5.86. The van der Waals surface area contributed by atoms with E-state index in [9.17, 15) is 0 Å². The summed E-state index contributed by atoms with van der Waals surface area (Å²) in [4.78, 5) is 9.64. The van der Waals surface area contributed by atoms with Crippen molar-refractivity contribution in [3.8, 4) is 5.88 Å². The molecule has 1 N–H and O–H groups in total. The van der Waals surface area contributed by atoms with Crippen LogP contribution in [0.3, 0.4) is 0 Å². The Morgan fingerprint density at radius 1 is 0.963 bits per heavy atom. The van der Waals surface area contributed by atoms with Gasteiger partial charge in [0.15, 0.2) is 0 Å². The lowest BCUT2D eigenvalue weighted by atomic mass is 10.1. The second kappa shape index (κ2) is 9.09. The van der Waals surface area contributed by atoms with Crippen molar-refractivity contribution in [1.82, 2.24) is 9.88 Å². The summed E-state index contributed by atoms with van der Waals surface area (Å²) in [5.74, 6) is 1.76. The Hall–Kier alpha value is -2.27. The first-order valence-electron chi connectivity index (χ1n) is 10.3. The lowest BCUT2D eigenvalue weighted by Crippen LogP contribution is -2.46. The summed E-state index contributed by atoms with van der Waals surface area (Å²) >= 11 is 0. The third-order valence-electron chi connectivity index (χ3n) is 5.48. The summed E-state index contributed by atoms with van der Waals surface area (Å²) in [7, 11) is 0. The molecule has 2 aromatic rings. The SMILES string of the molecule is c1ccc(N2CCN(CCCCOc3ccc4c(n3)NCCC4)CC2)cc1. The first kappa shape index (κ1) is 18.1. The summed E-state index contributed by atoms with van der Waals surface area (Å²) in [6.07, 6.45) is 4.56. The number of para-hydroxylation sites is 1. The molecule has 5 nitrogen and oxygen atoms in total. The van der Waals surface area contributed by atoms with E-state index in [0.29, 0.717) is 0 Å². The van der Waals surface area contributed by atoms with Gasteiger partial charge in [-0.05, 0) is 56.0 Å². The number of anilines is 2. The van der Waals surface area contributed by atoms with E-state index in [0.717, 1.165) is 70.4 Å². The van der Waals surface area contributed by atoms with Gasteiger partial charge in [0, 0.05) is 44.5 Å². The van der Waals surface area contributed by atoms with Crippen molar-refractivity contribution in [3.63, 3.8) is 0 Å². The molecule has 1 fully saturated rings. The van der Waals surface area contributed by atoms with Crippen molar-refractivity contribution in [1.29, 1.82) is 0 Å². The Bertz CT molecular complexity index is 714. The maximum Gasteiger partial charge on any atom is 0.215 e. The highest BCUT2D eigenvalue weighted by Gasteiger charge is 2.16. The molecule has 0 saturated carbocycles. The van der Waals surface area contributed by atoms with E-state index in [1.165, 1.54) is 24.1 Å². The fraction of sp³-hybridized carbons (Fsp3) is 0.500. The molecule has 1 aromatic heterocycles. The number of ether oxygens (including phenoxy) is 1. The van der Waals surface area contributed by atoms with E-state index >= 15 is 0 Å². The van der Waals surface area contributed by atoms with Crippen LogP contribution >= 0.6 is 0 Å². The second-order valence-corrected chi connectivity index (χ2v) is 7.41. The fourth-order valence-corrected chi connectivity index (χ4v) is 3.87. The van der Waals surface area contributed by atoms with Gasteiger partial charge in [0.25, 0.3) is 0 Å². The van der Waals surface area contributed by atoms with Crippen molar-refractivity contribution < 1.29 is 4.74 Å². The number of hydrogen-bond acceptors (Lipinski definition) is 5. The first-order valence-corrected chi connectivity index (χ1v) is 10.3. The first-order chi connectivity index (χ1) is 13.4. The molecule has 0 bridgehead atoms. The number of unbranched alkanes of at least 4 members (excludes halogenated alkanes) is 1. The molecule has 2 aliphatic heterocycles. The van der Waals surface area contributed by atoms with Gasteiger partial charge in [-0.3, -0.25) is 4.90 Å². The van der Waals surface area contributed by atoms with Gasteiger partial charge < -0.3 is 15.0 Å². The van der Waals surface area contributed by atoms with E-state index in [2.05, 4.69) is 56.5 Å². The number of nitrogens with zero attached hydrogens (tertiary/aromatic N) is 3. The smallest absolute Gasteiger partial charge is 0.215 e.